The molecule has 0 aromatic rings. The Bertz CT molecular complexity index is 1070. The van der Waals surface area contributed by atoms with Crippen molar-refractivity contribution in [2.45, 2.75) is 77.8 Å². The number of ether oxygens (including phenoxy) is 3. The highest BCUT2D eigenvalue weighted by Crippen LogP contribution is 2.77. The van der Waals surface area contributed by atoms with Crippen molar-refractivity contribution < 1.29 is 43.6 Å². The predicted molar refractivity (Wildman–Crippen MR) is 121 cm³/mol. The predicted octanol–water partition coefficient (Wildman–Crippen LogP) is 1.64. The first-order valence-electron chi connectivity index (χ1n) is 11.9. The highest BCUT2D eigenvalue weighted by Gasteiger charge is 2.87. The zero-order valence-electron chi connectivity index (χ0n) is 21.2. The number of fused-ring (bicyclic) bond motifs is 5. The summed E-state index contributed by atoms with van der Waals surface area (Å²) in [6.45, 7) is 10.7. The quantitative estimate of drug-likeness (QED) is 0.342. The van der Waals surface area contributed by atoms with E-state index in [4.69, 9.17) is 14.2 Å². The number of hydrogen-bond donors (Lipinski definition) is 2. The molecule has 4 aliphatic carbocycles. The van der Waals surface area contributed by atoms with Gasteiger partial charge in [-0.05, 0) is 18.1 Å². The molecule has 4 rings (SSSR count). The van der Waals surface area contributed by atoms with Crippen molar-refractivity contribution in [2.24, 2.45) is 29.1 Å². The van der Waals surface area contributed by atoms with Crippen LogP contribution >= 0.6 is 0 Å². The van der Waals surface area contributed by atoms with Gasteiger partial charge in [0.2, 0.25) is 0 Å². The van der Waals surface area contributed by atoms with Gasteiger partial charge in [0.25, 0.3) is 0 Å². The number of rotatable bonds is 4. The van der Waals surface area contributed by atoms with Crippen molar-refractivity contribution in [3.8, 4) is 0 Å². The number of Topliss-reactive ketones (excluding diaryl/α,β-unsaturated/α-hetero) is 1. The number of carbonyl (C=O) groups excluding carboxylic acids is 4. The van der Waals surface area contributed by atoms with Crippen LogP contribution in [0.3, 0.4) is 0 Å². The summed E-state index contributed by atoms with van der Waals surface area (Å²) in [5, 5.41) is 24.3. The van der Waals surface area contributed by atoms with E-state index in [-0.39, 0.29) is 13.0 Å². The zero-order valence-corrected chi connectivity index (χ0v) is 21.2. The second kappa shape index (κ2) is 7.74. The van der Waals surface area contributed by atoms with Gasteiger partial charge in [0, 0.05) is 56.3 Å². The lowest BCUT2D eigenvalue weighted by Crippen LogP contribution is -2.66. The smallest absolute Gasteiger partial charge is 0.303 e. The lowest BCUT2D eigenvalue weighted by atomic mass is 9.59. The van der Waals surface area contributed by atoms with Crippen LogP contribution in [0.5, 0.6) is 0 Å². The minimum atomic E-state index is -1.96. The standard InChI is InChI=1S/C26H34O9/c1-12-8-19-24(31,21(12)30)10-17(11-33-14(3)27)9-18-20-23(6,7)26(20,35-16(5)29)22(34-15(4)28)13(2)25(18,19)32/h8-9,13,18-20,22,31-32H,10-11H2,1-7H3/t13-,18+,19-,20-,22-,24+,25+,26-/m1/s1. The van der Waals surface area contributed by atoms with Gasteiger partial charge in [0.1, 0.15) is 18.3 Å². The fraction of sp³-hybridized carbons (Fsp3) is 0.692. The van der Waals surface area contributed by atoms with Crippen LogP contribution in [0.1, 0.15) is 54.9 Å². The molecule has 2 saturated carbocycles. The van der Waals surface area contributed by atoms with Crippen molar-refractivity contribution >= 4 is 23.7 Å². The molecule has 0 saturated heterocycles. The summed E-state index contributed by atoms with van der Waals surface area (Å²) in [6.07, 6.45) is 2.21. The summed E-state index contributed by atoms with van der Waals surface area (Å²) in [5.74, 6) is -5.20. The Morgan fingerprint density at radius 1 is 1.06 bits per heavy atom. The maximum absolute atomic E-state index is 13.2. The van der Waals surface area contributed by atoms with Crippen molar-refractivity contribution in [1.29, 1.82) is 0 Å². The van der Waals surface area contributed by atoms with Gasteiger partial charge < -0.3 is 24.4 Å². The summed E-state index contributed by atoms with van der Waals surface area (Å²) < 4.78 is 16.9. The largest absolute Gasteiger partial charge is 0.461 e. The van der Waals surface area contributed by atoms with E-state index in [1.54, 1.807) is 26.0 Å². The van der Waals surface area contributed by atoms with Gasteiger partial charge in [-0.15, -0.1) is 0 Å². The molecule has 9 heteroatoms. The van der Waals surface area contributed by atoms with E-state index >= 15 is 0 Å². The lowest BCUT2D eigenvalue weighted by Gasteiger charge is -2.53. The molecule has 0 aliphatic heterocycles. The fourth-order valence-corrected chi connectivity index (χ4v) is 7.43. The van der Waals surface area contributed by atoms with Gasteiger partial charge in [-0.3, -0.25) is 19.2 Å². The number of esters is 3. The summed E-state index contributed by atoms with van der Waals surface area (Å²) >= 11 is 0. The number of carbonyl (C=O) groups is 4. The molecule has 0 aromatic heterocycles. The third kappa shape index (κ3) is 3.27. The van der Waals surface area contributed by atoms with Crippen LogP contribution in [0.25, 0.3) is 0 Å². The molecule has 0 bridgehead atoms. The van der Waals surface area contributed by atoms with Gasteiger partial charge in [-0.2, -0.15) is 0 Å². The van der Waals surface area contributed by atoms with Crippen molar-refractivity contribution in [3.63, 3.8) is 0 Å². The third-order valence-electron chi connectivity index (χ3n) is 8.82. The van der Waals surface area contributed by atoms with Crippen LogP contribution in [0, 0.1) is 29.1 Å². The first-order valence-corrected chi connectivity index (χ1v) is 11.9. The third-order valence-corrected chi connectivity index (χ3v) is 8.82. The second-order valence-corrected chi connectivity index (χ2v) is 11.2. The van der Waals surface area contributed by atoms with Gasteiger partial charge >= 0.3 is 17.9 Å². The monoisotopic (exact) mass is 490 g/mol. The first kappa shape index (κ1) is 25.6. The van der Waals surface area contributed by atoms with Gasteiger partial charge in [-0.25, -0.2) is 0 Å². The summed E-state index contributed by atoms with van der Waals surface area (Å²) in [5.41, 5.74) is -4.82. The molecule has 0 heterocycles. The Labute approximate surface area is 204 Å². The fourth-order valence-electron chi connectivity index (χ4n) is 7.43. The molecular formula is C26H34O9. The number of aliphatic hydroxyl groups is 2. The molecule has 192 valence electrons. The van der Waals surface area contributed by atoms with E-state index in [2.05, 4.69) is 0 Å². The van der Waals surface area contributed by atoms with Gasteiger partial charge in [0.05, 0.1) is 5.60 Å². The molecule has 0 radical (unpaired) electrons. The Kier molecular flexibility index (Phi) is 5.65. The minimum absolute atomic E-state index is 0.130. The maximum atomic E-state index is 13.2. The normalized spacial score (nSPS) is 42.9. The average Bonchev–Trinajstić information content (AvgIpc) is 3.15. The van der Waals surface area contributed by atoms with Crippen LogP contribution in [0.4, 0.5) is 0 Å². The van der Waals surface area contributed by atoms with Gasteiger partial charge in [-0.1, -0.05) is 32.9 Å². The Morgan fingerprint density at radius 2 is 1.69 bits per heavy atom. The lowest BCUT2D eigenvalue weighted by molar-refractivity contribution is -0.227. The van der Waals surface area contributed by atoms with E-state index < -0.39 is 75.7 Å². The SMILES string of the molecule is CC(=O)OCC1=C[C@H]2[C@@H]3C(C)(C)[C@]3(OC(C)=O)[C@H](OC(C)=O)[C@@H](C)[C@@]2(O)[C@@H]2C=C(C)C(=O)[C@]2(O)C1. The molecule has 2 N–H and O–H groups in total. The van der Waals surface area contributed by atoms with E-state index in [0.29, 0.717) is 11.1 Å². The molecular weight excluding hydrogens is 456 g/mol. The molecule has 8 atom stereocenters. The number of hydrogen-bond acceptors (Lipinski definition) is 9. The highest BCUT2D eigenvalue weighted by atomic mass is 16.6. The highest BCUT2D eigenvalue weighted by molar-refractivity contribution is 6.04. The minimum Gasteiger partial charge on any atom is -0.461 e. The first-order chi connectivity index (χ1) is 16.0. The zero-order chi connectivity index (χ0) is 26.3. The molecule has 2 fully saturated rings. The van der Waals surface area contributed by atoms with Crippen LogP contribution in [0.2, 0.25) is 0 Å². The number of ketones is 1. The van der Waals surface area contributed by atoms with Crippen LogP contribution < -0.4 is 0 Å². The molecule has 0 aromatic carbocycles. The summed E-state index contributed by atoms with van der Waals surface area (Å²) in [4.78, 5) is 49.1. The van der Waals surface area contributed by atoms with Gasteiger partial charge in [0.15, 0.2) is 11.4 Å². The summed E-state index contributed by atoms with van der Waals surface area (Å²) in [7, 11) is 0. The maximum Gasteiger partial charge on any atom is 0.303 e. The second-order valence-electron chi connectivity index (χ2n) is 11.2. The van der Waals surface area contributed by atoms with Crippen molar-refractivity contribution in [1.82, 2.24) is 0 Å². The van der Waals surface area contributed by atoms with Crippen molar-refractivity contribution in [3.05, 3.63) is 23.3 Å². The Morgan fingerprint density at radius 3 is 2.23 bits per heavy atom. The molecule has 0 spiro atoms. The molecule has 0 amide bonds. The Hall–Kier alpha value is -2.52. The average molecular weight is 491 g/mol. The molecule has 9 nitrogen and oxygen atoms in total. The molecule has 35 heavy (non-hydrogen) atoms. The molecule has 4 aliphatic rings. The van der Waals surface area contributed by atoms with Crippen LogP contribution in [-0.4, -0.2) is 63.4 Å². The molecule has 0 unspecified atom stereocenters. The van der Waals surface area contributed by atoms with E-state index in [1.165, 1.54) is 20.8 Å². The van der Waals surface area contributed by atoms with Crippen LogP contribution in [-0.2, 0) is 33.4 Å². The summed E-state index contributed by atoms with van der Waals surface area (Å²) in [6, 6.07) is 0. The van der Waals surface area contributed by atoms with E-state index in [0.717, 1.165) is 0 Å². The van der Waals surface area contributed by atoms with Crippen LogP contribution in [0.15, 0.2) is 23.3 Å². The Balaban J connectivity index is 1.95. The van der Waals surface area contributed by atoms with E-state index in [9.17, 15) is 29.4 Å². The van der Waals surface area contributed by atoms with Crippen molar-refractivity contribution in [2.75, 3.05) is 6.61 Å². The van der Waals surface area contributed by atoms with E-state index in [1.807, 2.05) is 13.8 Å². The topological polar surface area (TPSA) is 136 Å².